The lowest BCUT2D eigenvalue weighted by Crippen LogP contribution is -2.43. The summed E-state index contributed by atoms with van der Waals surface area (Å²) in [5.41, 5.74) is 1.02. The molecular formula is C27H30FN3O6S. The van der Waals surface area contributed by atoms with Gasteiger partial charge in [0.25, 0.3) is 5.91 Å². The molecule has 3 aromatic rings. The molecule has 1 atom stereocenters. The van der Waals surface area contributed by atoms with Gasteiger partial charge in [-0.1, -0.05) is 25.1 Å². The molecule has 0 saturated heterocycles. The quantitative estimate of drug-likeness (QED) is 0.308. The van der Waals surface area contributed by atoms with Gasteiger partial charge < -0.3 is 20.1 Å². The Kier molecular flexibility index (Phi) is 9.80. The third kappa shape index (κ3) is 7.30. The second-order valence-corrected chi connectivity index (χ2v) is 9.77. The molecule has 0 aliphatic rings. The highest BCUT2D eigenvalue weighted by atomic mass is 32.2. The molecule has 0 bridgehead atoms. The third-order valence-corrected chi connectivity index (χ3v) is 6.86. The summed E-state index contributed by atoms with van der Waals surface area (Å²) in [7, 11) is -4.09. The number of benzene rings is 3. The molecule has 1 unspecified atom stereocenters. The zero-order valence-electron chi connectivity index (χ0n) is 21.3. The second kappa shape index (κ2) is 13.0. The minimum absolute atomic E-state index is 0.139. The Bertz CT molecular complexity index is 1370. The Balaban J connectivity index is 1.87. The van der Waals surface area contributed by atoms with Crippen molar-refractivity contribution in [1.29, 1.82) is 0 Å². The Morgan fingerprint density at radius 3 is 1.92 bits per heavy atom. The lowest BCUT2D eigenvalue weighted by Gasteiger charge is -2.20. The maximum atomic E-state index is 13.2. The topological polar surface area (TPSA) is 123 Å². The van der Waals surface area contributed by atoms with E-state index in [1.165, 1.54) is 12.1 Å². The van der Waals surface area contributed by atoms with Crippen LogP contribution in [0.4, 0.5) is 15.8 Å². The van der Waals surface area contributed by atoms with Gasteiger partial charge in [-0.25, -0.2) is 12.8 Å². The highest BCUT2D eigenvalue weighted by Gasteiger charge is 2.26. The largest absolute Gasteiger partial charge is 0.492 e. The van der Waals surface area contributed by atoms with E-state index >= 15 is 0 Å². The number of amides is 2. The maximum Gasteiger partial charge on any atom is 0.255 e. The van der Waals surface area contributed by atoms with E-state index in [0.29, 0.717) is 11.3 Å². The van der Waals surface area contributed by atoms with Crippen LogP contribution >= 0.6 is 0 Å². The SMILES string of the molecule is CCOc1cc(NC(=O)C(CC)NS(=O)(=O)c2ccc(F)cc2)c(OCC)cc1NC(=O)c1ccccc1. The Morgan fingerprint density at radius 1 is 0.842 bits per heavy atom. The Labute approximate surface area is 221 Å². The van der Waals surface area contributed by atoms with Crippen molar-refractivity contribution in [1.82, 2.24) is 4.72 Å². The predicted octanol–water partition coefficient (Wildman–Crippen LogP) is 4.57. The summed E-state index contributed by atoms with van der Waals surface area (Å²) in [5, 5.41) is 5.50. The monoisotopic (exact) mass is 543 g/mol. The van der Waals surface area contributed by atoms with E-state index < -0.39 is 27.8 Å². The normalized spacial score (nSPS) is 11.9. The van der Waals surface area contributed by atoms with Crippen LogP contribution in [0.1, 0.15) is 37.6 Å². The summed E-state index contributed by atoms with van der Waals surface area (Å²) in [4.78, 5) is 25.7. The van der Waals surface area contributed by atoms with Gasteiger partial charge >= 0.3 is 0 Å². The average Bonchev–Trinajstić information content (AvgIpc) is 2.90. The summed E-state index contributed by atoms with van der Waals surface area (Å²) >= 11 is 0. The summed E-state index contributed by atoms with van der Waals surface area (Å²) in [6, 6.07) is 14.8. The molecular weight excluding hydrogens is 513 g/mol. The number of carbonyl (C=O) groups is 2. The van der Waals surface area contributed by atoms with Gasteiger partial charge in [-0.3, -0.25) is 9.59 Å². The Morgan fingerprint density at radius 2 is 1.39 bits per heavy atom. The number of anilines is 2. The Hall–Kier alpha value is -3.96. The van der Waals surface area contributed by atoms with E-state index in [2.05, 4.69) is 15.4 Å². The van der Waals surface area contributed by atoms with E-state index in [4.69, 9.17) is 9.47 Å². The van der Waals surface area contributed by atoms with Crippen LogP contribution in [0.2, 0.25) is 0 Å². The molecule has 0 spiro atoms. The highest BCUT2D eigenvalue weighted by Crippen LogP contribution is 2.37. The summed E-state index contributed by atoms with van der Waals surface area (Å²) < 4.78 is 52.5. The molecule has 38 heavy (non-hydrogen) atoms. The zero-order valence-corrected chi connectivity index (χ0v) is 22.1. The summed E-state index contributed by atoms with van der Waals surface area (Å²) in [6.07, 6.45) is 0.139. The van der Waals surface area contributed by atoms with Crippen LogP contribution in [0.3, 0.4) is 0 Å². The van der Waals surface area contributed by atoms with Crippen molar-refractivity contribution in [2.75, 3.05) is 23.8 Å². The van der Waals surface area contributed by atoms with Crippen molar-refractivity contribution < 1.29 is 31.9 Å². The maximum absolute atomic E-state index is 13.2. The fraction of sp³-hybridized carbons (Fsp3) is 0.259. The van der Waals surface area contributed by atoms with Crippen molar-refractivity contribution in [3.8, 4) is 11.5 Å². The molecule has 0 saturated carbocycles. The molecule has 202 valence electrons. The molecule has 0 radical (unpaired) electrons. The lowest BCUT2D eigenvalue weighted by atomic mass is 10.1. The number of halogens is 1. The van der Waals surface area contributed by atoms with Gasteiger partial charge in [0, 0.05) is 17.7 Å². The van der Waals surface area contributed by atoms with Gasteiger partial charge in [0.2, 0.25) is 15.9 Å². The van der Waals surface area contributed by atoms with Crippen LogP contribution in [-0.2, 0) is 14.8 Å². The van der Waals surface area contributed by atoms with Gasteiger partial charge in [0.1, 0.15) is 23.4 Å². The number of sulfonamides is 1. The fourth-order valence-corrected chi connectivity index (χ4v) is 4.78. The van der Waals surface area contributed by atoms with E-state index in [-0.39, 0.29) is 47.6 Å². The molecule has 3 rings (SSSR count). The first kappa shape index (κ1) is 28.6. The van der Waals surface area contributed by atoms with Crippen LogP contribution in [0.25, 0.3) is 0 Å². The molecule has 0 aliphatic heterocycles. The van der Waals surface area contributed by atoms with E-state index in [1.54, 1.807) is 51.1 Å². The number of ether oxygens (including phenoxy) is 2. The molecule has 11 heteroatoms. The minimum atomic E-state index is -4.09. The van der Waals surface area contributed by atoms with Gasteiger partial charge in [0.05, 0.1) is 29.5 Å². The number of nitrogens with one attached hydrogen (secondary N) is 3. The highest BCUT2D eigenvalue weighted by molar-refractivity contribution is 7.89. The van der Waals surface area contributed by atoms with Crippen LogP contribution < -0.4 is 24.8 Å². The van der Waals surface area contributed by atoms with E-state index in [9.17, 15) is 22.4 Å². The average molecular weight is 544 g/mol. The smallest absolute Gasteiger partial charge is 0.255 e. The first-order chi connectivity index (χ1) is 18.2. The molecule has 0 heterocycles. The van der Waals surface area contributed by atoms with Crippen LogP contribution in [0.15, 0.2) is 71.6 Å². The predicted molar refractivity (Wildman–Crippen MR) is 143 cm³/mol. The number of hydrogen-bond acceptors (Lipinski definition) is 6. The molecule has 9 nitrogen and oxygen atoms in total. The van der Waals surface area contributed by atoms with Crippen molar-refractivity contribution in [3.05, 3.63) is 78.1 Å². The van der Waals surface area contributed by atoms with Crippen LogP contribution in [0.5, 0.6) is 11.5 Å². The lowest BCUT2D eigenvalue weighted by molar-refractivity contribution is -0.117. The number of hydrogen-bond donors (Lipinski definition) is 3. The molecule has 0 aromatic heterocycles. The molecule has 0 aliphatic carbocycles. The summed E-state index contributed by atoms with van der Waals surface area (Å²) in [6.45, 7) is 5.72. The first-order valence-electron chi connectivity index (χ1n) is 12.1. The van der Waals surface area contributed by atoms with Gasteiger partial charge in [-0.05, 0) is 56.7 Å². The van der Waals surface area contributed by atoms with Gasteiger partial charge in [0.15, 0.2) is 0 Å². The van der Waals surface area contributed by atoms with Crippen molar-refractivity contribution >= 4 is 33.2 Å². The van der Waals surface area contributed by atoms with Crippen molar-refractivity contribution in [2.45, 2.75) is 38.1 Å². The van der Waals surface area contributed by atoms with Crippen molar-refractivity contribution in [2.24, 2.45) is 0 Å². The van der Waals surface area contributed by atoms with E-state index in [0.717, 1.165) is 24.3 Å². The third-order valence-electron chi connectivity index (χ3n) is 5.37. The number of rotatable bonds is 12. The molecule has 0 fully saturated rings. The second-order valence-electron chi connectivity index (χ2n) is 8.06. The molecule has 2 amide bonds. The first-order valence-corrected chi connectivity index (χ1v) is 13.6. The zero-order chi connectivity index (χ0) is 27.7. The molecule has 3 aromatic carbocycles. The summed E-state index contributed by atoms with van der Waals surface area (Å²) in [5.74, 6) is -1.03. The number of carbonyl (C=O) groups excluding carboxylic acids is 2. The van der Waals surface area contributed by atoms with Gasteiger partial charge in [-0.2, -0.15) is 4.72 Å². The minimum Gasteiger partial charge on any atom is -0.492 e. The molecule has 3 N–H and O–H groups in total. The van der Waals surface area contributed by atoms with Gasteiger partial charge in [-0.15, -0.1) is 0 Å². The van der Waals surface area contributed by atoms with Crippen molar-refractivity contribution in [3.63, 3.8) is 0 Å². The standard InChI is InChI=1S/C27H30FN3O6S/c1-4-21(31-38(34,35)20-14-12-19(28)13-15-20)27(33)30-23-17-24(36-5-2)22(16-25(23)37-6-3)29-26(32)18-10-8-7-9-11-18/h7-17,21,31H,4-6H2,1-3H3,(H,29,32)(H,30,33). The van der Waals surface area contributed by atoms with Crippen LogP contribution in [0, 0.1) is 5.82 Å². The van der Waals surface area contributed by atoms with E-state index in [1.807, 2.05) is 0 Å². The van der Waals surface area contributed by atoms with Crippen LogP contribution in [-0.4, -0.2) is 39.5 Å². The fourth-order valence-electron chi connectivity index (χ4n) is 3.50.